The number of likely N-dealkylation sites (tertiary alicyclic amines) is 1. The molecule has 4 rings (SSSR count). The second kappa shape index (κ2) is 10.4. The number of aromatic hydroxyl groups is 1. The normalized spacial score (nSPS) is 15.3. The fraction of sp³-hybridized carbons (Fsp3) is 0.320. The minimum Gasteiger partial charge on any atom is -0.494 e. The van der Waals surface area contributed by atoms with E-state index in [1.54, 1.807) is 12.1 Å². The van der Waals surface area contributed by atoms with Crippen LogP contribution in [0, 0.1) is 5.82 Å². The number of H-pyrrole nitrogens is 1. The number of hydrogen-bond acceptors (Lipinski definition) is 5. The summed E-state index contributed by atoms with van der Waals surface area (Å²) in [6, 6.07) is 16.3. The summed E-state index contributed by atoms with van der Waals surface area (Å²) in [5.41, 5.74) is 0.706. The molecular weight excluding hydrogens is 423 g/mol. The molecule has 0 atom stereocenters. The van der Waals surface area contributed by atoms with Crippen molar-refractivity contribution in [1.29, 1.82) is 0 Å². The maximum atomic E-state index is 13.1. The lowest BCUT2D eigenvalue weighted by molar-refractivity contribution is 0.206. The number of piperidine rings is 1. The van der Waals surface area contributed by atoms with E-state index in [-0.39, 0.29) is 24.0 Å². The molecule has 0 spiro atoms. The lowest BCUT2D eigenvalue weighted by Gasteiger charge is -2.30. The number of aryl methyl sites for hydroxylation is 1. The van der Waals surface area contributed by atoms with Crippen LogP contribution in [-0.4, -0.2) is 44.9 Å². The van der Waals surface area contributed by atoms with Crippen molar-refractivity contribution in [3.8, 4) is 5.88 Å². The molecule has 0 amide bonds. The number of halogens is 1. The fourth-order valence-corrected chi connectivity index (χ4v) is 4.04. The van der Waals surface area contributed by atoms with Crippen LogP contribution in [-0.2, 0) is 19.5 Å². The Morgan fingerprint density at radius 3 is 2.42 bits per heavy atom. The van der Waals surface area contributed by atoms with Crippen molar-refractivity contribution in [2.45, 2.75) is 38.4 Å². The Balaban J connectivity index is 1.40. The zero-order valence-corrected chi connectivity index (χ0v) is 18.3. The number of aromatic nitrogens is 2. The van der Waals surface area contributed by atoms with Gasteiger partial charge in [0.05, 0.1) is 6.04 Å². The molecule has 1 aromatic heterocycles. The number of aromatic amines is 1. The number of nitrogens with one attached hydrogen (secondary N) is 1. The van der Waals surface area contributed by atoms with Crippen LogP contribution in [0.4, 0.5) is 4.39 Å². The van der Waals surface area contributed by atoms with Gasteiger partial charge in [-0.05, 0) is 42.5 Å². The standard InChI is InChI=1S/C25H27FN4O3/c26-20-8-6-18(7-9-20)10-15-30-24(32)22(23(31)28-25(30)33)16-27-21-11-13-29(14-12-21)17-19-4-2-1-3-5-19/h1-9,16,21,32H,10-15,17H2,(H,28,31,33). The maximum Gasteiger partial charge on any atom is 0.331 e. The molecule has 3 aromatic rings. The van der Waals surface area contributed by atoms with Crippen molar-refractivity contribution in [1.82, 2.24) is 14.5 Å². The van der Waals surface area contributed by atoms with Gasteiger partial charge in [0.15, 0.2) is 0 Å². The first kappa shape index (κ1) is 22.7. The molecule has 0 unspecified atom stereocenters. The smallest absolute Gasteiger partial charge is 0.331 e. The molecule has 33 heavy (non-hydrogen) atoms. The summed E-state index contributed by atoms with van der Waals surface area (Å²) in [4.78, 5) is 33.7. The molecule has 1 aliphatic heterocycles. The second-order valence-electron chi connectivity index (χ2n) is 8.30. The van der Waals surface area contributed by atoms with Crippen molar-refractivity contribution < 1.29 is 9.50 Å². The van der Waals surface area contributed by atoms with Gasteiger partial charge in [0.1, 0.15) is 11.4 Å². The zero-order valence-electron chi connectivity index (χ0n) is 18.3. The average Bonchev–Trinajstić information content (AvgIpc) is 2.81. The van der Waals surface area contributed by atoms with E-state index in [4.69, 9.17) is 0 Å². The molecule has 0 saturated carbocycles. The van der Waals surface area contributed by atoms with Crippen LogP contribution in [0.2, 0.25) is 0 Å². The quantitative estimate of drug-likeness (QED) is 0.542. The highest BCUT2D eigenvalue weighted by Crippen LogP contribution is 2.17. The topological polar surface area (TPSA) is 90.7 Å². The van der Waals surface area contributed by atoms with Crippen LogP contribution < -0.4 is 11.2 Å². The van der Waals surface area contributed by atoms with Gasteiger partial charge in [-0.2, -0.15) is 0 Å². The molecule has 0 bridgehead atoms. The molecular formula is C25H27FN4O3. The lowest BCUT2D eigenvalue weighted by Crippen LogP contribution is -2.35. The van der Waals surface area contributed by atoms with Crippen molar-refractivity contribution in [3.05, 3.63) is 97.9 Å². The first-order chi connectivity index (χ1) is 16.0. The summed E-state index contributed by atoms with van der Waals surface area (Å²) in [7, 11) is 0. The van der Waals surface area contributed by atoms with Crippen LogP contribution in [0.25, 0.3) is 0 Å². The minimum atomic E-state index is -0.689. The van der Waals surface area contributed by atoms with Crippen LogP contribution in [0.15, 0.2) is 69.2 Å². The molecule has 2 aromatic carbocycles. The summed E-state index contributed by atoms with van der Waals surface area (Å²) in [6.45, 7) is 2.84. The van der Waals surface area contributed by atoms with Crippen LogP contribution in [0.5, 0.6) is 5.88 Å². The number of hydrogen-bond donors (Lipinski definition) is 2. The Morgan fingerprint density at radius 1 is 1.03 bits per heavy atom. The van der Waals surface area contributed by atoms with Crippen molar-refractivity contribution >= 4 is 6.21 Å². The van der Waals surface area contributed by atoms with Gasteiger partial charge in [0, 0.05) is 32.4 Å². The van der Waals surface area contributed by atoms with Gasteiger partial charge in [0.2, 0.25) is 5.88 Å². The first-order valence-corrected chi connectivity index (χ1v) is 11.1. The highest BCUT2D eigenvalue weighted by molar-refractivity contribution is 5.82. The van der Waals surface area contributed by atoms with Crippen molar-refractivity contribution in [3.63, 3.8) is 0 Å². The Kier molecular flexibility index (Phi) is 7.14. The van der Waals surface area contributed by atoms with Gasteiger partial charge in [-0.15, -0.1) is 0 Å². The summed E-state index contributed by atoms with van der Waals surface area (Å²) in [5.74, 6) is -0.747. The molecule has 2 heterocycles. The Morgan fingerprint density at radius 2 is 1.73 bits per heavy atom. The van der Waals surface area contributed by atoms with Crippen LogP contribution >= 0.6 is 0 Å². The summed E-state index contributed by atoms with van der Waals surface area (Å²) < 4.78 is 14.2. The molecule has 0 radical (unpaired) electrons. The maximum absolute atomic E-state index is 13.1. The van der Waals surface area contributed by atoms with E-state index in [0.29, 0.717) is 6.42 Å². The van der Waals surface area contributed by atoms with Gasteiger partial charge in [-0.3, -0.25) is 24.2 Å². The first-order valence-electron chi connectivity index (χ1n) is 11.1. The monoisotopic (exact) mass is 450 g/mol. The summed E-state index contributed by atoms with van der Waals surface area (Å²) >= 11 is 0. The van der Waals surface area contributed by atoms with E-state index in [1.807, 2.05) is 18.2 Å². The van der Waals surface area contributed by atoms with E-state index in [9.17, 15) is 19.1 Å². The molecule has 8 heteroatoms. The SMILES string of the molecule is O=c1[nH]c(=O)n(CCc2ccc(F)cc2)c(O)c1C=NC1CCN(Cc2ccccc2)CC1. The van der Waals surface area contributed by atoms with Gasteiger partial charge < -0.3 is 5.11 Å². The Hall–Kier alpha value is -3.52. The molecule has 1 aliphatic rings. The molecule has 0 aliphatic carbocycles. The summed E-state index contributed by atoms with van der Waals surface area (Å²) in [5, 5.41) is 10.6. The minimum absolute atomic E-state index is 0.0274. The van der Waals surface area contributed by atoms with E-state index < -0.39 is 17.1 Å². The van der Waals surface area contributed by atoms with E-state index in [1.165, 1.54) is 23.9 Å². The predicted molar refractivity (Wildman–Crippen MR) is 125 cm³/mol. The number of aliphatic imine (C=N–C) groups is 1. The molecule has 2 N–H and O–H groups in total. The predicted octanol–water partition coefficient (Wildman–Crippen LogP) is 2.71. The van der Waals surface area contributed by atoms with Crippen LogP contribution in [0.1, 0.15) is 29.5 Å². The fourth-order valence-electron chi connectivity index (χ4n) is 4.04. The van der Waals surface area contributed by atoms with Gasteiger partial charge in [-0.25, -0.2) is 9.18 Å². The molecule has 1 fully saturated rings. The van der Waals surface area contributed by atoms with Gasteiger partial charge in [-0.1, -0.05) is 42.5 Å². The zero-order chi connectivity index (χ0) is 23.2. The van der Waals surface area contributed by atoms with Gasteiger partial charge in [0.25, 0.3) is 5.56 Å². The van der Waals surface area contributed by atoms with Crippen LogP contribution in [0.3, 0.4) is 0 Å². The highest BCUT2D eigenvalue weighted by Gasteiger charge is 2.19. The van der Waals surface area contributed by atoms with Crippen molar-refractivity contribution in [2.24, 2.45) is 4.99 Å². The third-order valence-electron chi connectivity index (χ3n) is 5.96. The Labute approximate surface area is 190 Å². The molecule has 172 valence electrons. The Bertz CT molecular complexity index is 1210. The van der Waals surface area contributed by atoms with E-state index in [0.717, 1.165) is 42.6 Å². The molecule has 1 saturated heterocycles. The van der Waals surface area contributed by atoms with Crippen molar-refractivity contribution in [2.75, 3.05) is 13.1 Å². The highest BCUT2D eigenvalue weighted by atomic mass is 19.1. The number of rotatable bonds is 7. The third-order valence-corrected chi connectivity index (χ3v) is 5.96. The average molecular weight is 451 g/mol. The molecule has 7 nitrogen and oxygen atoms in total. The van der Waals surface area contributed by atoms with E-state index in [2.05, 4.69) is 27.0 Å². The number of nitrogens with zero attached hydrogens (tertiary/aromatic N) is 3. The van der Waals surface area contributed by atoms with E-state index >= 15 is 0 Å². The summed E-state index contributed by atoms with van der Waals surface area (Å²) in [6.07, 6.45) is 3.48. The van der Waals surface area contributed by atoms with Gasteiger partial charge >= 0.3 is 5.69 Å². The second-order valence-corrected chi connectivity index (χ2v) is 8.30. The number of benzene rings is 2. The largest absolute Gasteiger partial charge is 0.494 e. The lowest BCUT2D eigenvalue weighted by atomic mass is 10.0. The third kappa shape index (κ3) is 5.84.